The highest BCUT2D eigenvalue weighted by molar-refractivity contribution is 6.02. The first-order chi connectivity index (χ1) is 20.3. The first-order valence-electron chi connectivity index (χ1n) is 13.8. The lowest BCUT2D eigenvalue weighted by atomic mass is 10.4. The molecule has 0 atom stereocenters. The SMILES string of the molecule is C.C.CCCOC.O=C(CCOCCOCCOCCOCCOCCC(=O)ON1C(=O)CCC1=O)ON1C(=O)CCC1=O. The van der Waals surface area contributed by atoms with Crippen LogP contribution in [0.5, 0.6) is 0 Å². The topological polar surface area (TPSA) is 183 Å². The second-order valence-electron chi connectivity index (χ2n) is 8.64. The van der Waals surface area contributed by atoms with Gasteiger partial charge in [-0.1, -0.05) is 21.8 Å². The van der Waals surface area contributed by atoms with E-state index in [1.54, 1.807) is 7.11 Å². The largest absolute Gasteiger partial charge is 0.385 e. The second-order valence-corrected chi connectivity index (χ2v) is 8.64. The van der Waals surface area contributed by atoms with Crippen LogP contribution in [0.15, 0.2) is 0 Å². The highest BCUT2D eigenvalue weighted by Gasteiger charge is 2.33. The summed E-state index contributed by atoms with van der Waals surface area (Å²) in [4.78, 5) is 78.0. The molecule has 0 spiro atoms. The molecule has 0 aromatic heterocycles. The van der Waals surface area contributed by atoms with Crippen LogP contribution in [0.1, 0.15) is 66.7 Å². The Morgan fingerprint density at radius 1 is 0.523 bits per heavy atom. The van der Waals surface area contributed by atoms with Crippen molar-refractivity contribution in [3.63, 3.8) is 0 Å². The minimum absolute atomic E-state index is 0. The fourth-order valence-electron chi connectivity index (χ4n) is 3.11. The molecule has 16 heteroatoms. The summed E-state index contributed by atoms with van der Waals surface area (Å²) < 4.78 is 31.1. The predicted octanol–water partition coefficient (Wildman–Crippen LogP) is 1.38. The zero-order valence-electron chi connectivity index (χ0n) is 24.3. The van der Waals surface area contributed by atoms with E-state index in [1.165, 1.54) is 0 Å². The van der Waals surface area contributed by atoms with Gasteiger partial charge >= 0.3 is 11.9 Å². The second kappa shape index (κ2) is 27.5. The number of nitrogens with zero attached hydrogens (tertiary/aromatic N) is 2. The van der Waals surface area contributed by atoms with Crippen LogP contribution in [0.25, 0.3) is 0 Å². The van der Waals surface area contributed by atoms with E-state index in [2.05, 4.69) is 6.92 Å². The lowest BCUT2D eigenvalue weighted by Gasteiger charge is -2.12. The number of carbonyl (C=O) groups excluding carboxylic acids is 6. The zero-order valence-corrected chi connectivity index (χ0v) is 24.3. The molecule has 0 unspecified atom stereocenters. The molecule has 4 amide bonds. The molecule has 2 saturated heterocycles. The minimum atomic E-state index is -0.721. The Hall–Kier alpha value is -3.02. The van der Waals surface area contributed by atoms with E-state index in [1.807, 2.05) is 0 Å². The monoisotopic (exact) mass is 638 g/mol. The maximum absolute atomic E-state index is 11.6. The number of methoxy groups -OCH3 is 1. The minimum Gasteiger partial charge on any atom is -0.385 e. The maximum atomic E-state index is 11.6. The predicted molar refractivity (Wildman–Crippen MR) is 153 cm³/mol. The molecule has 2 fully saturated rings. The summed E-state index contributed by atoms with van der Waals surface area (Å²) >= 11 is 0. The average molecular weight is 639 g/mol. The van der Waals surface area contributed by atoms with Crippen molar-refractivity contribution in [2.75, 3.05) is 79.8 Å². The fraction of sp³-hybridized carbons (Fsp3) is 0.786. The smallest absolute Gasteiger partial charge is 0.335 e. The number of carbonyl (C=O) groups is 6. The molecule has 256 valence electrons. The Balaban J connectivity index is 0. The van der Waals surface area contributed by atoms with Gasteiger partial charge in [0.1, 0.15) is 0 Å². The van der Waals surface area contributed by atoms with Crippen molar-refractivity contribution < 1.29 is 66.9 Å². The number of hydrogen-bond donors (Lipinski definition) is 0. The van der Waals surface area contributed by atoms with Gasteiger partial charge in [-0.3, -0.25) is 19.2 Å². The van der Waals surface area contributed by atoms with Gasteiger partial charge in [0.25, 0.3) is 23.6 Å². The average Bonchev–Trinajstić information content (AvgIpc) is 3.45. The maximum Gasteiger partial charge on any atom is 0.335 e. The van der Waals surface area contributed by atoms with Crippen molar-refractivity contribution in [1.82, 2.24) is 10.1 Å². The first kappa shape index (κ1) is 43.1. The van der Waals surface area contributed by atoms with Crippen molar-refractivity contribution in [2.45, 2.75) is 66.7 Å². The third kappa shape index (κ3) is 20.0. The molecular formula is C28H50N2O14. The Morgan fingerprint density at radius 3 is 1.02 bits per heavy atom. The highest BCUT2D eigenvalue weighted by Crippen LogP contribution is 2.13. The van der Waals surface area contributed by atoms with Crippen LogP contribution < -0.4 is 0 Å². The van der Waals surface area contributed by atoms with E-state index in [0.29, 0.717) is 49.8 Å². The molecule has 2 aliphatic rings. The van der Waals surface area contributed by atoms with Gasteiger partial charge in [0, 0.05) is 39.4 Å². The van der Waals surface area contributed by atoms with E-state index in [-0.39, 0.29) is 79.8 Å². The molecule has 0 N–H and O–H groups in total. The summed E-state index contributed by atoms with van der Waals surface area (Å²) in [5.41, 5.74) is 0. The Bertz CT molecular complexity index is 756. The van der Waals surface area contributed by atoms with Crippen LogP contribution in [0.2, 0.25) is 0 Å². The van der Waals surface area contributed by atoms with Gasteiger partial charge in [-0.05, 0) is 6.42 Å². The van der Waals surface area contributed by atoms with Crippen LogP contribution in [0.4, 0.5) is 0 Å². The highest BCUT2D eigenvalue weighted by atomic mass is 16.7. The van der Waals surface area contributed by atoms with E-state index in [4.69, 9.17) is 38.1 Å². The van der Waals surface area contributed by atoms with Gasteiger partial charge < -0.3 is 38.1 Å². The third-order valence-electron chi connectivity index (χ3n) is 5.20. The van der Waals surface area contributed by atoms with Crippen molar-refractivity contribution >= 4 is 35.6 Å². The number of ether oxygens (including phenoxy) is 6. The fourth-order valence-corrected chi connectivity index (χ4v) is 3.11. The van der Waals surface area contributed by atoms with E-state index in [9.17, 15) is 28.8 Å². The van der Waals surface area contributed by atoms with Crippen molar-refractivity contribution in [1.29, 1.82) is 0 Å². The van der Waals surface area contributed by atoms with Crippen molar-refractivity contribution in [3.05, 3.63) is 0 Å². The van der Waals surface area contributed by atoms with Crippen LogP contribution in [0, 0.1) is 0 Å². The Labute approximate surface area is 259 Å². The third-order valence-corrected chi connectivity index (χ3v) is 5.20. The van der Waals surface area contributed by atoms with Gasteiger partial charge in [-0.2, -0.15) is 0 Å². The molecule has 0 bridgehead atoms. The van der Waals surface area contributed by atoms with Gasteiger partial charge in [-0.25, -0.2) is 9.59 Å². The summed E-state index contributed by atoms with van der Waals surface area (Å²) in [6, 6.07) is 0. The summed E-state index contributed by atoms with van der Waals surface area (Å²) in [6.07, 6.45) is 1.11. The molecule has 2 heterocycles. The van der Waals surface area contributed by atoms with Gasteiger partial charge in [0.05, 0.1) is 78.9 Å². The zero-order chi connectivity index (χ0) is 31.0. The van der Waals surface area contributed by atoms with Gasteiger partial charge in [0.15, 0.2) is 0 Å². The Morgan fingerprint density at radius 2 is 0.795 bits per heavy atom. The summed E-state index contributed by atoms with van der Waals surface area (Å²) in [5, 5.41) is 0.997. The molecular weight excluding hydrogens is 588 g/mol. The standard InChI is InChI=1S/C22H32N2O13.C4H10O.2CH4/c25-17-1-2-18(26)23(17)36-21(29)5-7-31-9-11-33-13-15-35-16-14-34-12-10-32-8-6-22(30)37-24-19(27)3-4-20(24)28;1-3-4-5-2;;/h1-16H2;3-4H2,1-2H3;2*1H4. The van der Waals surface area contributed by atoms with Crippen LogP contribution >= 0.6 is 0 Å². The number of hydroxylamine groups is 4. The summed E-state index contributed by atoms with van der Waals surface area (Å²) in [6.45, 7) is 5.62. The molecule has 0 aliphatic carbocycles. The van der Waals surface area contributed by atoms with E-state index >= 15 is 0 Å². The summed E-state index contributed by atoms with van der Waals surface area (Å²) in [5.74, 6) is -3.55. The van der Waals surface area contributed by atoms with Gasteiger partial charge in [-0.15, -0.1) is 10.1 Å². The lowest BCUT2D eigenvalue weighted by Crippen LogP contribution is -2.32. The van der Waals surface area contributed by atoms with Crippen LogP contribution in [0.3, 0.4) is 0 Å². The molecule has 16 nitrogen and oxygen atoms in total. The van der Waals surface area contributed by atoms with Crippen molar-refractivity contribution in [2.24, 2.45) is 0 Å². The van der Waals surface area contributed by atoms with Crippen LogP contribution in [-0.4, -0.2) is 125 Å². The van der Waals surface area contributed by atoms with E-state index in [0.717, 1.165) is 13.0 Å². The Kier molecular flexibility index (Phi) is 27.0. The molecule has 2 rings (SSSR count). The first-order valence-corrected chi connectivity index (χ1v) is 13.8. The molecule has 0 radical (unpaired) electrons. The molecule has 0 aromatic rings. The molecule has 0 saturated carbocycles. The quantitative estimate of drug-likeness (QED) is 0.122. The lowest BCUT2D eigenvalue weighted by molar-refractivity contribution is -0.198. The number of amides is 4. The van der Waals surface area contributed by atoms with E-state index < -0.39 is 35.6 Å². The number of imide groups is 2. The molecule has 0 aromatic carbocycles. The molecule has 2 aliphatic heterocycles. The van der Waals surface area contributed by atoms with Crippen LogP contribution in [-0.2, 0) is 66.9 Å². The van der Waals surface area contributed by atoms with Crippen molar-refractivity contribution in [3.8, 4) is 0 Å². The normalized spacial score (nSPS) is 14.1. The number of hydrogen-bond acceptors (Lipinski definition) is 14. The molecule has 44 heavy (non-hydrogen) atoms. The van der Waals surface area contributed by atoms with Gasteiger partial charge in [0.2, 0.25) is 0 Å². The summed E-state index contributed by atoms with van der Waals surface area (Å²) in [7, 11) is 1.71. The number of rotatable bonds is 22.